The van der Waals surface area contributed by atoms with Crippen molar-refractivity contribution >= 4 is 28.8 Å². The molecule has 0 fully saturated rings. The van der Waals surface area contributed by atoms with E-state index in [-0.39, 0.29) is 17.0 Å². The van der Waals surface area contributed by atoms with Gasteiger partial charge in [-0.05, 0) is 72.5 Å². The highest BCUT2D eigenvalue weighted by atomic mass is 35.5. The van der Waals surface area contributed by atoms with E-state index in [2.05, 4.69) is 30.4 Å². The third-order valence-corrected chi connectivity index (χ3v) is 6.75. The molecule has 2 aliphatic heterocycles. The second-order valence-corrected chi connectivity index (χ2v) is 8.87. The number of aryl methyl sites for hydroxylation is 1. The number of carbonyl (C=O) groups excluding carboxylic acids is 1. The lowest BCUT2D eigenvalue weighted by atomic mass is 9.81. The van der Waals surface area contributed by atoms with Gasteiger partial charge in [0.2, 0.25) is 0 Å². The Labute approximate surface area is 197 Å². The van der Waals surface area contributed by atoms with E-state index in [1.807, 2.05) is 29.2 Å². The zero-order valence-electron chi connectivity index (χ0n) is 18.5. The molecule has 1 N–H and O–H groups in total. The van der Waals surface area contributed by atoms with Gasteiger partial charge in [0, 0.05) is 29.9 Å². The third-order valence-electron chi connectivity index (χ3n) is 6.46. The SMILES string of the molecule is COc1ccc(C2C3=C(CCN2C(=O)c2ccc(F)c(Cl)c2)c2cc(C)ccc2NC3)cc1. The predicted molar refractivity (Wildman–Crippen MR) is 129 cm³/mol. The molecule has 0 aliphatic carbocycles. The Hall–Kier alpha value is -3.31. The summed E-state index contributed by atoms with van der Waals surface area (Å²) in [6.07, 6.45) is 0.751. The monoisotopic (exact) mass is 462 g/mol. The van der Waals surface area contributed by atoms with Crippen molar-refractivity contribution in [2.45, 2.75) is 19.4 Å². The number of ether oxygens (including phenoxy) is 1. The van der Waals surface area contributed by atoms with Crippen LogP contribution in [-0.4, -0.2) is 31.0 Å². The van der Waals surface area contributed by atoms with Gasteiger partial charge in [0.15, 0.2) is 0 Å². The molecule has 2 heterocycles. The van der Waals surface area contributed by atoms with Crippen molar-refractivity contribution in [2.75, 3.05) is 25.5 Å². The number of halogens is 2. The van der Waals surface area contributed by atoms with Crippen LogP contribution in [0.3, 0.4) is 0 Å². The molecule has 2 aliphatic rings. The summed E-state index contributed by atoms with van der Waals surface area (Å²) in [5.41, 5.74) is 7.36. The van der Waals surface area contributed by atoms with E-state index in [1.54, 1.807) is 7.11 Å². The van der Waals surface area contributed by atoms with Gasteiger partial charge in [-0.15, -0.1) is 0 Å². The Bertz CT molecular complexity index is 1270. The van der Waals surface area contributed by atoms with Crippen LogP contribution in [0, 0.1) is 12.7 Å². The maximum absolute atomic E-state index is 13.7. The Morgan fingerprint density at radius 1 is 1.12 bits per heavy atom. The van der Waals surface area contributed by atoms with Crippen molar-refractivity contribution in [3.63, 3.8) is 0 Å². The number of anilines is 1. The van der Waals surface area contributed by atoms with Gasteiger partial charge in [-0.2, -0.15) is 0 Å². The van der Waals surface area contributed by atoms with Crippen LogP contribution < -0.4 is 10.1 Å². The summed E-state index contributed by atoms with van der Waals surface area (Å²) in [6, 6.07) is 18.2. The normalized spacial score (nSPS) is 17.2. The molecule has 5 rings (SSSR count). The number of methoxy groups -OCH3 is 1. The lowest BCUT2D eigenvalue weighted by Gasteiger charge is -2.42. The Morgan fingerprint density at radius 3 is 2.64 bits per heavy atom. The van der Waals surface area contributed by atoms with Crippen LogP contribution in [0.2, 0.25) is 5.02 Å². The molecule has 6 heteroatoms. The molecule has 1 atom stereocenters. The summed E-state index contributed by atoms with van der Waals surface area (Å²) in [7, 11) is 1.63. The third kappa shape index (κ3) is 3.87. The first kappa shape index (κ1) is 21.5. The number of rotatable bonds is 3. The van der Waals surface area contributed by atoms with E-state index in [4.69, 9.17) is 16.3 Å². The van der Waals surface area contributed by atoms with Crippen molar-refractivity contribution in [2.24, 2.45) is 0 Å². The second-order valence-electron chi connectivity index (χ2n) is 8.46. The maximum atomic E-state index is 13.7. The molecule has 0 bridgehead atoms. The number of hydrogen-bond donors (Lipinski definition) is 1. The summed E-state index contributed by atoms with van der Waals surface area (Å²) in [5, 5.41) is 3.48. The number of hydrogen-bond acceptors (Lipinski definition) is 3. The number of carbonyl (C=O) groups is 1. The molecule has 0 spiro atoms. The van der Waals surface area contributed by atoms with Gasteiger partial charge in [-0.1, -0.05) is 35.4 Å². The molecule has 0 aromatic heterocycles. The van der Waals surface area contributed by atoms with Gasteiger partial charge in [-0.25, -0.2) is 4.39 Å². The summed E-state index contributed by atoms with van der Waals surface area (Å²) >= 11 is 5.99. The molecule has 0 radical (unpaired) electrons. The minimum Gasteiger partial charge on any atom is -0.497 e. The highest BCUT2D eigenvalue weighted by Crippen LogP contribution is 2.45. The minimum atomic E-state index is -0.535. The fourth-order valence-electron chi connectivity index (χ4n) is 4.82. The molecule has 0 saturated heterocycles. The topological polar surface area (TPSA) is 41.6 Å². The van der Waals surface area contributed by atoms with Crippen molar-refractivity contribution in [1.82, 2.24) is 4.90 Å². The van der Waals surface area contributed by atoms with Crippen molar-refractivity contribution in [3.8, 4) is 5.75 Å². The first-order chi connectivity index (χ1) is 16.0. The molecule has 3 aromatic rings. The van der Waals surface area contributed by atoms with E-state index in [1.165, 1.54) is 40.5 Å². The highest BCUT2D eigenvalue weighted by molar-refractivity contribution is 6.31. The average Bonchev–Trinajstić information content (AvgIpc) is 2.84. The van der Waals surface area contributed by atoms with Crippen molar-refractivity contribution in [3.05, 3.63) is 99.3 Å². The average molecular weight is 463 g/mol. The van der Waals surface area contributed by atoms with Crippen LogP contribution in [0.1, 0.15) is 39.5 Å². The first-order valence-corrected chi connectivity index (χ1v) is 11.3. The van der Waals surface area contributed by atoms with Crippen molar-refractivity contribution in [1.29, 1.82) is 0 Å². The van der Waals surface area contributed by atoms with Crippen LogP contribution in [0.4, 0.5) is 10.1 Å². The minimum absolute atomic E-state index is 0.0532. The first-order valence-electron chi connectivity index (χ1n) is 10.9. The van der Waals surface area contributed by atoms with Gasteiger partial charge < -0.3 is 15.0 Å². The zero-order valence-corrected chi connectivity index (χ0v) is 19.2. The Balaban J connectivity index is 1.62. The van der Waals surface area contributed by atoms with Gasteiger partial charge in [0.05, 0.1) is 18.2 Å². The van der Waals surface area contributed by atoms with Gasteiger partial charge in [0.1, 0.15) is 11.6 Å². The molecule has 3 aromatic carbocycles. The van der Waals surface area contributed by atoms with Gasteiger partial charge in [0.25, 0.3) is 5.91 Å². The standard InChI is InChI=1S/C27H24ClFN2O2/c1-16-3-10-25-21(13-16)20-11-12-31(27(32)18-6-9-24(29)23(28)14-18)26(22(20)15-30-25)17-4-7-19(33-2)8-5-17/h3-10,13-14,26,30H,11-12,15H2,1-2H3. The molecule has 1 amide bonds. The summed E-state index contributed by atoms with van der Waals surface area (Å²) in [4.78, 5) is 15.5. The Kier molecular flexibility index (Phi) is 5.59. The van der Waals surface area contributed by atoms with Crippen LogP contribution >= 0.6 is 11.6 Å². The lowest BCUT2D eigenvalue weighted by Crippen LogP contribution is -2.42. The number of fused-ring (bicyclic) bond motifs is 2. The quantitative estimate of drug-likeness (QED) is 0.499. The molecule has 1 unspecified atom stereocenters. The largest absolute Gasteiger partial charge is 0.497 e. The van der Waals surface area contributed by atoms with Crippen LogP contribution in [0.15, 0.2) is 66.2 Å². The second kappa shape index (κ2) is 8.56. The predicted octanol–water partition coefficient (Wildman–Crippen LogP) is 6.26. The van der Waals surface area contributed by atoms with E-state index < -0.39 is 5.82 Å². The van der Waals surface area contributed by atoms with Gasteiger partial charge in [-0.3, -0.25) is 4.79 Å². The van der Waals surface area contributed by atoms with Crippen LogP contribution in [-0.2, 0) is 0 Å². The molecule has 168 valence electrons. The Morgan fingerprint density at radius 2 is 1.91 bits per heavy atom. The van der Waals surface area contributed by atoms with Crippen LogP contribution in [0.25, 0.3) is 5.57 Å². The number of nitrogens with one attached hydrogen (secondary N) is 1. The molecular formula is C27H24ClFN2O2. The number of nitrogens with zero attached hydrogens (tertiary/aromatic N) is 1. The summed E-state index contributed by atoms with van der Waals surface area (Å²) in [6.45, 7) is 3.29. The number of amides is 1. The molecular weight excluding hydrogens is 439 g/mol. The van der Waals surface area contributed by atoms with Gasteiger partial charge >= 0.3 is 0 Å². The molecule has 0 saturated carbocycles. The fourth-order valence-corrected chi connectivity index (χ4v) is 5.00. The highest BCUT2D eigenvalue weighted by Gasteiger charge is 2.36. The fraction of sp³-hybridized carbons (Fsp3) is 0.222. The maximum Gasteiger partial charge on any atom is 0.254 e. The van der Waals surface area contributed by atoms with E-state index in [9.17, 15) is 9.18 Å². The molecule has 33 heavy (non-hydrogen) atoms. The lowest BCUT2D eigenvalue weighted by molar-refractivity contribution is 0.0698. The van der Waals surface area contributed by atoms with E-state index in [0.29, 0.717) is 18.7 Å². The van der Waals surface area contributed by atoms with E-state index >= 15 is 0 Å². The smallest absolute Gasteiger partial charge is 0.254 e. The number of benzene rings is 3. The zero-order chi connectivity index (χ0) is 23.1. The summed E-state index contributed by atoms with van der Waals surface area (Å²) < 4.78 is 19.1. The van der Waals surface area contributed by atoms with Crippen LogP contribution in [0.5, 0.6) is 5.75 Å². The van der Waals surface area contributed by atoms with E-state index in [0.717, 1.165) is 23.4 Å². The molecule has 4 nitrogen and oxygen atoms in total. The van der Waals surface area contributed by atoms with Crippen molar-refractivity contribution < 1.29 is 13.9 Å². The summed E-state index contributed by atoms with van der Waals surface area (Å²) in [5.74, 6) is 0.0565.